The second-order valence-electron chi connectivity index (χ2n) is 6.52. The molecule has 0 spiro atoms. The van der Waals surface area contributed by atoms with Gasteiger partial charge in [-0.3, -0.25) is 14.6 Å². The van der Waals surface area contributed by atoms with Gasteiger partial charge < -0.3 is 14.2 Å². The number of nitrogens with zero attached hydrogens (tertiary/aromatic N) is 3. The van der Waals surface area contributed by atoms with Crippen LogP contribution in [0.1, 0.15) is 29.1 Å². The zero-order valence-electron chi connectivity index (χ0n) is 13.6. The molecule has 2 aliphatic rings. The maximum absolute atomic E-state index is 12.9. The van der Waals surface area contributed by atoms with Crippen LogP contribution in [0.15, 0.2) is 41.1 Å². The first kappa shape index (κ1) is 15.8. The maximum atomic E-state index is 12.9. The number of pyridine rings is 1. The molecule has 130 valence electrons. The second kappa shape index (κ2) is 6.31. The third kappa shape index (κ3) is 3.01. The predicted octanol–water partition coefficient (Wildman–Crippen LogP) is 1.87. The largest absolute Gasteiger partial charge is 0.459 e. The van der Waals surface area contributed by atoms with E-state index in [1.807, 2.05) is 4.90 Å². The molecular weight excluding hydrogens is 325 g/mol. The number of halogens is 1. The molecule has 0 aromatic carbocycles. The SMILES string of the molecule is O=C(Cc1ccc(F)cn1)N1CC2CCC(C1)N2C(=O)c1ccco1. The van der Waals surface area contributed by atoms with E-state index < -0.39 is 5.82 Å². The zero-order chi connectivity index (χ0) is 17.4. The summed E-state index contributed by atoms with van der Waals surface area (Å²) in [6.07, 6.45) is 4.52. The van der Waals surface area contributed by atoms with Gasteiger partial charge in [0.1, 0.15) is 5.82 Å². The highest BCUT2D eigenvalue weighted by Crippen LogP contribution is 2.32. The highest BCUT2D eigenvalue weighted by molar-refractivity contribution is 5.92. The van der Waals surface area contributed by atoms with Crippen molar-refractivity contribution in [2.75, 3.05) is 13.1 Å². The summed E-state index contributed by atoms with van der Waals surface area (Å²) in [5.74, 6) is -0.225. The van der Waals surface area contributed by atoms with Gasteiger partial charge in [-0.05, 0) is 37.1 Å². The molecule has 2 aromatic rings. The van der Waals surface area contributed by atoms with Crippen LogP contribution in [0.4, 0.5) is 4.39 Å². The Morgan fingerprint density at radius 3 is 2.56 bits per heavy atom. The lowest BCUT2D eigenvalue weighted by molar-refractivity contribution is -0.133. The topological polar surface area (TPSA) is 66.7 Å². The van der Waals surface area contributed by atoms with Crippen LogP contribution >= 0.6 is 0 Å². The number of aromatic nitrogens is 1. The summed E-state index contributed by atoms with van der Waals surface area (Å²) in [6.45, 7) is 1.03. The normalized spacial score (nSPS) is 22.3. The Kier molecular flexibility index (Phi) is 3.99. The Bertz CT molecular complexity index is 761. The lowest BCUT2D eigenvalue weighted by atomic mass is 10.1. The fourth-order valence-electron chi connectivity index (χ4n) is 3.74. The van der Waals surface area contributed by atoms with Gasteiger partial charge in [0.2, 0.25) is 5.91 Å². The number of piperazine rings is 1. The summed E-state index contributed by atoms with van der Waals surface area (Å²) in [5, 5.41) is 0. The molecule has 0 aliphatic carbocycles. The molecule has 2 bridgehead atoms. The number of rotatable bonds is 3. The Morgan fingerprint density at radius 2 is 1.96 bits per heavy atom. The number of amides is 2. The molecule has 2 fully saturated rings. The summed E-state index contributed by atoms with van der Waals surface area (Å²) in [6, 6.07) is 6.23. The Balaban J connectivity index is 1.43. The van der Waals surface area contributed by atoms with E-state index in [2.05, 4.69) is 4.98 Å². The van der Waals surface area contributed by atoms with Crippen LogP contribution in [0.5, 0.6) is 0 Å². The van der Waals surface area contributed by atoms with Gasteiger partial charge in [-0.25, -0.2) is 4.39 Å². The molecule has 4 rings (SSSR count). The van der Waals surface area contributed by atoms with Crippen LogP contribution in [-0.4, -0.2) is 51.8 Å². The first-order chi connectivity index (χ1) is 12.1. The quantitative estimate of drug-likeness (QED) is 0.853. The molecule has 4 heterocycles. The van der Waals surface area contributed by atoms with Gasteiger partial charge in [0.25, 0.3) is 5.91 Å². The van der Waals surface area contributed by atoms with Crippen molar-refractivity contribution in [2.45, 2.75) is 31.3 Å². The first-order valence-electron chi connectivity index (χ1n) is 8.36. The minimum Gasteiger partial charge on any atom is -0.459 e. The highest BCUT2D eigenvalue weighted by atomic mass is 19.1. The molecule has 7 heteroatoms. The molecule has 0 saturated carbocycles. The number of likely N-dealkylation sites (tertiary alicyclic amines) is 1. The Hall–Kier alpha value is -2.70. The summed E-state index contributed by atoms with van der Waals surface area (Å²) >= 11 is 0. The van der Waals surface area contributed by atoms with Crippen molar-refractivity contribution >= 4 is 11.8 Å². The molecule has 0 N–H and O–H groups in total. The molecule has 2 atom stereocenters. The number of hydrogen-bond acceptors (Lipinski definition) is 4. The second-order valence-corrected chi connectivity index (χ2v) is 6.52. The fraction of sp³-hybridized carbons (Fsp3) is 0.389. The number of carbonyl (C=O) groups is 2. The number of furan rings is 1. The molecule has 25 heavy (non-hydrogen) atoms. The molecule has 2 amide bonds. The van der Waals surface area contributed by atoms with Crippen molar-refractivity contribution < 1.29 is 18.4 Å². The van der Waals surface area contributed by atoms with E-state index in [0.717, 1.165) is 19.0 Å². The van der Waals surface area contributed by atoms with Crippen LogP contribution < -0.4 is 0 Å². The zero-order valence-corrected chi connectivity index (χ0v) is 13.6. The third-order valence-electron chi connectivity index (χ3n) is 4.92. The maximum Gasteiger partial charge on any atom is 0.290 e. The van der Waals surface area contributed by atoms with Gasteiger partial charge in [-0.15, -0.1) is 0 Å². The van der Waals surface area contributed by atoms with Gasteiger partial charge in [-0.2, -0.15) is 0 Å². The van der Waals surface area contributed by atoms with Gasteiger partial charge in [0.15, 0.2) is 5.76 Å². The standard InChI is InChI=1S/C18H18FN3O3/c19-12-3-4-13(20-9-12)8-17(23)21-10-14-5-6-15(11-21)22(14)18(24)16-2-1-7-25-16/h1-4,7,9,14-15H,5-6,8,10-11H2. The average molecular weight is 343 g/mol. The smallest absolute Gasteiger partial charge is 0.290 e. The van der Waals surface area contributed by atoms with Crippen molar-refractivity contribution in [3.05, 3.63) is 54.0 Å². The lowest BCUT2D eigenvalue weighted by Gasteiger charge is -2.40. The van der Waals surface area contributed by atoms with E-state index in [9.17, 15) is 14.0 Å². The monoisotopic (exact) mass is 343 g/mol. The lowest BCUT2D eigenvalue weighted by Crippen LogP contribution is -2.57. The van der Waals surface area contributed by atoms with Crippen LogP contribution in [0.25, 0.3) is 0 Å². The summed E-state index contributed by atoms with van der Waals surface area (Å²) < 4.78 is 18.1. The summed E-state index contributed by atoms with van der Waals surface area (Å²) in [5.41, 5.74) is 0.549. The first-order valence-corrected chi connectivity index (χ1v) is 8.36. The number of hydrogen-bond donors (Lipinski definition) is 0. The van der Waals surface area contributed by atoms with E-state index in [0.29, 0.717) is 24.5 Å². The summed E-state index contributed by atoms with van der Waals surface area (Å²) in [4.78, 5) is 32.7. The van der Waals surface area contributed by atoms with Gasteiger partial charge in [-0.1, -0.05) is 0 Å². The van der Waals surface area contributed by atoms with Crippen LogP contribution in [0.3, 0.4) is 0 Å². The third-order valence-corrected chi connectivity index (χ3v) is 4.92. The summed E-state index contributed by atoms with van der Waals surface area (Å²) in [7, 11) is 0. The minimum atomic E-state index is -0.417. The molecule has 6 nitrogen and oxygen atoms in total. The van der Waals surface area contributed by atoms with Crippen molar-refractivity contribution in [1.29, 1.82) is 0 Å². The predicted molar refractivity (Wildman–Crippen MR) is 86.2 cm³/mol. The molecule has 2 aliphatic heterocycles. The van der Waals surface area contributed by atoms with Crippen molar-refractivity contribution in [3.8, 4) is 0 Å². The molecule has 0 radical (unpaired) electrons. The van der Waals surface area contributed by atoms with E-state index in [4.69, 9.17) is 4.42 Å². The van der Waals surface area contributed by atoms with E-state index >= 15 is 0 Å². The number of carbonyl (C=O) groups excluding carboxylic acids is 2. The van der Waals surface area contributed by atoms with Crippen LogP contribution in [0.2, 0.25) is 0 Å². The van der Waals surface area contributed by atoms with Crippen LogP contribution in [0, 0.1) is 5.82 Å². The Morgan fingerprint density at radius 1 is 1.20 bits per heavy atom. The fourth-order valence-corrected chi connectivity index (χ4v) is 3.74. The van der Waals surface area contributed by atoms with Gasteiger partial charge >= 0.3 is 0 Å². The van der Waals surface area contributed by atoms with Gasteiger partial charge in [0, 0.05) is 18.8 Å². The number of fused-ring (bicyclic) bond motifs is 2. The van der Waals surface area contributed by atoms with Gasteiger partial charge in [0.05, 0.1) is 31.0 Å². The highest BCUT2D eigenvalue weighted by Gasteiger charge is 2.44. The molecule has 2 aromatic heterocycles. The van der Waals surface area contributed by atoms with E-state index in [-0.39, 0.29) is 30.3 Å². The van der Waals surface area contributed by atoms with E-state index in [1.54, 1.807) is 17.0 Å². The minimum absolute atomic E-state index is 0.0153. The molecule has 2 saturated heterocycles. The molecular formula is C18H18FN3O3. The average Bonchev–Trinajstić information content (AvgIpc) is 3.23. The van der Waals surface area contributed by atoms with Crippen molar-refractivity contribution in [3.63, 3.8) is 0 Å². The molecule has 2 unspecified atom stereocenters. The Labute approximate surface area is 144 Å². The van der Waals surface area contributed by atoms with Crippen molar-refractivity contribution in [2.24, 2.45) is 0 Å². The van der Waals surface area contributed by atoms with E-state index in [1.165, 1.54) is 18.4 Å². The van der Waals surface area contributed by atoms with Crippen LogP contribution in [-0.2, 0) is 11.2 Å². The van der Waals surface area contributed by atoms with Crippen molar-refractivity contribution in [1.82, 2.24) is 14.8 Å².